The van der Waals surface area contributed by atoms with Gasteiger partial charge in [-0.05, 0) is 52.6 Å². The van der Waals surface area contributed by atoms with Crippen molar-refractivity contribution in [2.24, 2.45) is 0 Å². The molecule has 0 fully saturated rings. The van der Waals surface area contributed by atoms with Gasteiger partial charge in [-0.3, -0.25) is 15.1 Å². The number of aryl methyl sites for hydroxylation is 2. The lowest BCUT2D eigenvalue weighted by Gasteiger charge is -2.23. The molecule has 39 heavy (non-hydrogen) atoms. The number of benzene rings is 1. The summed E-state index contributed by atoms with van der Waals surface area (Å²) >= 11 is 0. The minimum absolute atomic E-state index is 0.0227. The maximum absolute atomic E-state index is 12.1. The highest BCUT2D eigenvalue weighted by atomic mass is 16.6. The van der Waals surface area contributed by atoms with E-state index in [9.17, 15) is 10.1 Å². The summed E-state index contributed by atoms with van der Waals surface area (Å²) in [5.41, 5.74) is 4.96. The van der Waals surface area contributed by atoms with Crippen molar-refractivity contribution in [2.75, 3.05) is 62.5 Å². The van der Waals surface area contributed by atoms with Gasteiger partial charge >= 0.3 is 0 Å². The van der Waals surface area contributed by atoms with Crippen LogP contribution in [0.2, 0.25) is 0 Å². The first-order chi connectivity index (χ1) is 18.4. The highest BCUT2D eigenvalue weighted by Gasteiger charge is 2.38. The number of nitro benzene ring substituents is 1. The standard InChI is InChI=1S/C28H38N8O3/c1-9-39-24-16-21(34(8)13-12-33(6)7)22(36(37)38)15-20(24)31-27-29-11-10-25(32-27)35-17-28(4,5)26-23(35)14-18(2)19(3)30-26/h10-11,14-16H,9,12-13,17H2,1-8H3,(H,29,31,32). The maximum Gasteiger partial charge on any atom is 0.294 e. The topological polar surface area (TPSA) is 113 Å². The fourth-order valence-corrected chi connectivity index (χ4v) is 4.69. The predicted molar refractivity (Wildman–Crippen MR) is 155 cm³/mol. The van der Waals surface area contributed by atoms with Crippen LogP contribution in [0.3, 0.4) is 0 Å². The highest BCUT2D eigenvalue weighted by Crippen LogP contribution is 2.44. The lowest BCUT2D eigenvalue weighted by molar-refractivity contribution is -0.384. The second-order valence-electron chi connectivity index (χ2n) is 10.8. The van der Waals surface area contributed by atoms with E-state index in [0.717, 1.165) is 41.5 Å². The van der Waals surface area contributed by atoms with Gasteiger partial charge in [-0.25, -0.2) is 4.98 Å². The van der Waals surface area contributed by atoms with Gasteiger partial charge in [0.1, 0.15) is 17.3 Å². The molecule has 3 aromatic rings. The molecule has 4 rings (SSSR count). The third-order valence-electron chi connectivity index (χ3n) is 6.96. The van der Waals surface area contributed by atoms with Crippen molar-refractivity contribution in [1.82, 2.24) is 19.9 Å². The van der Waals surface area contributed by atoms with Gasteiger partial charge in [0.25, 0.3) is 5.69 Å². The number of anilines is 5. The lowest BCUT2D eigenvalue weighted by atomic mass is 9.91. The van der Waals surface area contributed by atoms with Crippen molar-refractivity contribution in [1.29, 1.82) is 0 Å². The van der Waals surface area contributed by atoms with E-state index in [1.165, 1.54) is 6.07 Å². The van der Waals surface area contributed by atoms with E-state index >= 15 is 0 Å². The van der Waals surface area contributed by atoms with Crippen molar-refractivity contribution in [3.05, 3.63) is 57.5 Å². The minimum Gasteiger partial charge on any atom is -0.492 e. The monoisotopic (exact) mass is 534 g/mol. The summed E-state index contributed by atoms with van der Waals surface area (Å²) in [7, 11) is 5.78. The summed E-state index contributed by atoms with van der Waals surface area (Å²) in [6, 6.07) is 7.22. The van der Waals surface area contributed by atoms with Crippen LogP contribution >= 0.6 is 0 Å². The van der Waals surface area contributed by atoms with Crippen LogP contribution < -0.4 is 19.9 Å². The van der Waals surface area contributed by atoms with Crippen LogP contribution in [-0.4, -0.2) is 72.2 Å². The van der Waals surface area contributed by atoms with Crippen LogP contribution in [0.1, 0.15) is 37.7 Å². The van der Waals surface area contributed by atoms with E-state index in [0.29, 0.717) is 36.2 Å². The molecule has 0 atom stereocenters. The molecule has 11 heteroatoms. The predicted octanol–water partition coefficient (Wildman–Crippen LogP) is 4.97. The molecule has 0 radical (unpaired) electrons. The summed E-state index contributed by atoms with van der Waals surface area (Å²) in [5, 5.41) is 15.2. The Hall–Kier alpha value is -3.99. The molecule has 3 heterocycles. The Balaban J connectivity index is 1.70. The zero-order valence-electron chi connectivity index (χ0n) is 24.1. The Morgan fingerprint density at radius 3 is 2.56 bits per heavy atom. The molecule has 1 N–H and O–H groups in total. The van der Waals surface area contributed by atoms with E-state index in [1.54, 1.807) is 12.3 Å². The molecule has 1 aliphatic rings. The fraction of sp³-hybridized carbons (Fsp3) is 0.464. The molecule has 1 aromatic carbocycles. The Bertz CT molecular complexity index is 1380. The SMILES string of the molecule is CCOc1cc(N(C)CCN(C)C)c([N+](=O)[O-])cc1Nc1nccc(N2CC(C)(C)c3nc(C)c(C)cc32)n1. The zero-order chi connectivity index (χ0) is 28.5. The Labute approximate surface area is 230 Å². The summed E-state index contributed by atoms with van der Waals surface area (Å²) in [6.07, 6.45) is 1.68. The van der Waals surface area contributed by atoms with Gasteiger partial charge < -0.3 is 24.8 Å². The van der Waals surface area contributed by atoms with E-state index in [4.69, 9.17) is 14.7 Å². The van der Waals surface area contributed by atoms with Crippen LogP contribution in [0, 0.1) is 24.0 Å². The van der Waals surface area contributed by atoms with Gasteiger partial charge in [-0.1, -0.05) is 13.8 Å². The van der Waals surface area contributed by atoms with Crippen molar-refractivity contribution < 1.29 is 9.66 Å². The molecular weight excluding hydrogens is 496 g/mol. The van der Waals surface area contributed by atoms with Gasteiger partial charge in [0.2, 0.25) is 5.95 Å². The number of aromatic nitrogens is 3. The van der Waals surface area contributed by atoms with Gasteiger partial charge in [-0.15, -0.1) is 0 Å². The second kappa shape index (κ2) is 11.0. The average Bonchev–Trinajstić information content (AvgIpc) is 3.13. The van der Waals surface area contributed by atoms with Crippen LogP contribution in [0.5, 0.6) is 5.75 Å². The fourth-order valence-electron chi connectivity index (χ4n) is 4.69. The first-order valence-corrected chi connectivity index (χ1v) is 13.1. The third kappa shape index (κ3) is 5.88. The van der Waals surface area contributed by atoms with Crippen LogP contribution in [0.15, 0.2) is 30.5 Å². The molecule has 11 nitrogen and oxygen atoms in total. The van der Waals surface area contributed by atoms with Crippen LogP contribution in [-0.2, 0) is 5.41 Å². The summed E-state index contributed by atoms with van der Waals surface area (Å²) < 4.78 is 5.89. The average molecular weight is 535 g/mol. The minimum atomic E-state index is -0.375. The zero-order valence-corrected chi connectivity index (χ0v) is 24.1. The molecule has 0 aliphatic carbocycles. The number of fused-ring (bicyclic) bond motifs is 1. The number of hydrogen-bond acceptors (Lipinski definition) is 10. The summed E-state index contributed by atoms with van der Waals surface area (Å²) in [5.74, 6) is 1.53. The van der Waals surface area contributed by atoms with Gasteiger partial charge in [0, 0.05) is 56.1 Å². The number of nitrogens with one attached hydrogen (secondary N) is 1. The second-order valence-corrected chi connectivity index (χ2v) is 10.8. The van der Waals surface area contributed by atoms with Gasteiger partial charge in [0.15, 0.2) is 0 Å². The van der Waals surface area contributed by atoms with Crippen LogP contribution in [0.25, 0.3) is 0 Å². The number of nitro groups is 1. The third-order valence-corrected chi connectivity index (χ3v) is 6.96. The molecule has 0 amide bonds. The van der Waals surface area contributed by atoms with Crippen molar-refractivity contribution in [2.45, 2.75) is 40.0 Å². The molecule has 0 bridgehead atoms. The molecule has 0 unspecified atom stereocenters. The largest absolute Gasteiger partial charge is 0.492 e. The van der Waals surface area contributed by atoms with Crippen molar-refractivity contribution in [3.8, 4) is 5.75 Å². The van der Waals surface area contributed by atoms with Crippen molar-refractivity contribution >= 4 is 34.5 Å². The quantitative estimate of drug-likeness (QED) is 0.283. The van der Waals surface area contributed by atoms with Crippen molar-refractivity contribution in [3.63, 3.8) is 0 Å². The first kappa shape index (κ1) is 28.0. The van der Waals surface area contributed by atoms with E-state index in [2.05, 4.69) is 42.0 Å². The van der Waals surface area contributed by atoms with E-state index in [-0.39, 0.29) is 16.0 Å². The normalized spacial score (nSPS) is 13.9. The van der Waals surface area contributed by atoms with Gasteiger partial charge in [-0.2, -0.15) is 4.98 Å². The Morgan fingerprint density at radius 2 is 1.90 bits per heavy atom. The molecule has 0 spiro atoms. The van der Waals surface area contributed by atoms with Gasteiger partial charge in [0.05, 0.1) is 28.6 Å². The number of nitrogens with zero attached hydrogens (tertiary/aromatic N) is 7. The summed E-state index contributed by atoms with van der Waals surface area (Å²) in [6.45, 7) is 12.8. The van der Waals surface area contributed by atoms with E-state index < -0.39 is 0 Å². The Kier molecular flexibility index (Phi) is 7.91. The molecule has 2 aromatic heterocycles. The molecule has 0 saturated heterocycles. The number of pyridine rings is 1. The number of ether oxygens (including phenoxy) is 1. The Morgan fingerprint density at radius 1 is 1.15 bits per heavy atom. The smallest absolute Gasteiger partial charge is 0.294 e. The highest BCUT2D eigenvalue weighted by molar-refractivity contribution is 5.77. The molecule has 208 valence electrons. The number of hydrogen-bond donors (Lipinski definition) is 1. The summed E-state index contributed by atoms with van der Waals surface area (Å²) in [4.78, 5) is 31.8. The lowest BCUT2D eigenvalue weighted by Crippen LogP contribution is -2.29. The van der Waals surface area contributed by atoms with E-state index in [1.807, 2.05) is 50.9 Å². The molecular formula is C28H38N8O3. The first-order valence-electron chi connectivity index (χ1n) is 13.1. The van der Waals surface area contributed by atoms with Crippen LogP contribution in [0.4, 0.5) is 34.5 Å². The maximum atomic E-state index is 12.1. The molecule has 1 aliphatic heterocycles. The molecule has 0 saturated carbocycles. The number of likely N-dealkylation sites (N-methyl/N-ethyl adjacent to an activating group) is 2. The number of rotatable bonds is 10.